The van der Waals surface area contributed by atoms with Gasteiger partial charge in [0.15, 0.2) is 0 Å². The number of aromatic nitrogens is 1. The van der Waals surface area contributed by atoms with Gasteiger partial charge >= 0.3 is 0 Å². The maximum atomic E-state index is 9.67. The lowest BCUT2D eigenvalue weighted by Gasteiger charge is -2.13. The summed E-state index contributed by atoms with van der Waals surface area (Å²) in [6.45, 7) is 0.543. The van der Waals surface area contributed by atoms with Crippen LogP contribution in [0.25, 0.3) is 22.4 Å². The Labute approximate surface area is 214 Å². The van der Waals surface area contributed by atoms with Crippen LogP contribution in [0.15, 0.2) is 71.3 Å². The fraction of sp³-hybridized carbons (Fsp3) is 0.276. The highest BCUT2D eigenvalue weighted by molar-refractivity contribution is 6.39. The normalized spacial score (nSPS) is 16.3. The molecule has 0 aliphatic heterocycles. The summed E-state index contributed by atoms with van der Waals surface area (Å²) < 4.78 is 11.9. The minimum atomic E-state index is -0.00938. The van der Waals surface area contributed by atoms with Gasteiger partial charge in [0.05, 0.1) is 22.2 Å². The summed E-state index contributed by atoms with van der Waals surface area (Å²) in [4.78, 5) is 0. The second kappa shape index (κ2) is 9.02. The van der Waals surface area contributed by atoms with Crippen molar-refractivity contribution in [2.24, 2.45) is 0 Å². The van der Waals surface area contributed by atoms with Crippen LogP contribution in [0, 0.1) is 0 Å². The Hall–Kier alpha value is -2.79. The SMILES string of the molecule is OCC1(c2ccc(-c3ccc(OCc4c(-c5c(Cl)cccc5Cl)noc4C4CC4)cc3)cc2)CC1. The van der Waals surface area contributed by atoms with Gasteiger partial charge in [-0.2, -0.15) is 0 Å². The second-order valence-corrected chi connectivity index (χ2v) is 10.4. The van der Waals surface area contributed by atoms with Gasteiger partial charge in [-0.25, -0.2) is 0 Å². The summed E-state index contributed by atoms with van der Waals surface area (Å²) in [5, 5.41) is 15.1. The molecule has 1 heterocycles. The Balaban J connectivity index is 1.21. The molecule has 0 bridgehead atoms. The predicted octanol–water partition coefficient (Wildman–Crippen LogP) is 7.80. The van der Waals surface area contributed by atoms with E-state index in [1.807, 2.05) is 18.2 Å². The fourth-order valence-electron chi connectivity index (χ4n) is 4.65. The van der Waals surface area contributed by atoms with Crippen molar-refractivity contribution in [2.75, 3.05) is 6.61 Å². The van der Waals surface area contributed by atoms with Crippen LogP contribution >= 0.6 is 23.2 Å². The first-order valence-corrected chi connectivity index (χ1v) is 12.7. The van der Waals surface area contributed by atoms with Crippen molar-refractivity contribution in [3.63, 3.8) is 0 Å². The Morgan fingerprint density at radius 1 is 0.914 bits per heavy atom. The molecule has 0 amide bonds. The topological polar surface area (TPSA) is 55.5 Å². The molecule has 4 aromatic rings. The van der Waals surface area contributed by atoms with E-state index in [9.17, 15) is 5.11 Å². The molecule has 4 nitrogen and oxygen atoms in total. The first kappa shape index (κ1) is 22.7. The van der Waals surface area contributed by atoms with Gasteiger partial charge in [0.1, 0.15) is 23.8 Å². The van der Waals surface area contributed by atoms with E-state index in [0.717, 1.165) is 53.9 Å². The smallest absolute Gasteiger partial charge is 0.147 e. The lowest BCUT2D eigenvalue weighted by atomic mass is 9.94. The zero-order valence-corrected chi connectivity index (χ0v) is 20.6. The van der Waals surface area contributed by atoms with E-state index in [1.165, 1.54) is 5.56 Å². The fourth-order valence-corrected chi connectivity index (χ4v) is 5.23. The molecule has 0 unspecified atom stereocenters. The van der Waals surface area contributed by atoms with Crippen LogP contribution in [0.2, 0.25) is 10.0 Å². The highest BCUT2D eigenvalue weighted by atomic mass is 35.5. The minimum absolute atomic E-state index is 0.00938. The van der Waals surface area contributed by atoms with Crippen LogP contribution in [-0.4, -0.2) is 16.9 Å². The molecule has 3 aromatic carbocycles. The van der Waals surface area contributed by atoms with E-state index in [-0.39, 0.29) is 12.0 Å². The van der Waals surface area contributed by atoms with Gasteiger partial charge in [-0.15, -0.1) is 0 Å². The largest absolute Gasteiger partial charge is 0.489 e. The Bertz CT molecular complexity index is 1330. The van der Waals surface area contributed by atoms with E-state index < -0.39 is 0 Å². The zero-order valence-electron chi connectivity index (χ0n) is 19.1. The number of rotatable bonds is 8. The summed E-state index contributed by atoms with van der Waals surface area (Å²) >= 11 is 12.9. The molecule has 178 valence electrons. The summed E-state index contributed by atoms with van der Waals surface area (Å²) in [5.74, 6) is 2.01. The molecular formula is C29H25Cl2NO3. The molecule has 35 heavy (non-hydrogen) atoms. The van der Waals surface area contributed by atoms with E-state index in [2.05, 4.69) is 41.6 Å². The number of benzene rings is 3. The summed E-state index contributed by atoms with van der Waals surface area (Å²) in [5.41, 5.74) is 5.70. The molecule has 0 spiro atoms. The van der Waals surface area contributed by atoms with Gasteiger partial charge in [-0.1, -0.05) is 70.8 Å². The van der Waals surface area contributed by atoms with E-state index in [0.29, 0.717) is 33.8 Å². The lowest BCUT2D eigenvalue weighted by Crippen LogP contribution is -2.11. The molecule has 6 heteroatoms. The van der Waals surface area contributed by atoms with Gasteiger partial charge in [-0.3, -0.25) is 0 Å². The molecule has 2 fully saturated rings. The number of aliphatic hydroxyl groups is 1. The van der Waals surface area contributed by atoms with Gasteiger partial charge in [0.25, 0.3) is 0 Å². The van der Waals surface area contributed by atoms with Crippen molar-refractivity contribution >= 4 is 23.2 Å². The lowest BCUT2D eigenvalue weighted by molar-refractivity contribution is 0.255. The maximum Gasteiger partial charge on any atom is 0.147 e. The van der Waals surface area contributed by atoms with Crippen molar-refractivity contribution < 1.29 is 14.4 Å². The molecule has 0 atom stereocenters. The van der Waals surface area contributed by atoms with Crippen molar-refractivity contribution in [2.45, 2.75) is 43.6 Å². The van der Waals surface area contributed by atoms with Crippen LogP contribution in [-0.2, 0) is 12.0 Å². The van der Waals surface area contributed by atoms with Crippen LogP contribution in [0.4, 0.5) is 0 Å². The highest BCUT2D eigenvalue weighted by Crippen LogP contribution is 2.48. The van der Waals surface area contributed by atoms with Gasteiger partial charge in [-0.05, 0) is 66.6 Å². The molecule has 1 N–H and O–H groups in total. The third kappa shape index (κ3) is 4.35. The Kier molecular flexibility index (Phi) is 5.84. The molecule has 6 rings (SSSR count). The quantitative estimate of drug-likeness (QED) is 0.265. The molecular weight excluding hydrogens is 481 g/mol. The number of hydrogen-bond donors (Lipinski definition) is 1. The average Bonchev–Trinajstić information content (AvgIpc) is 3.82. The van der Waals surface area contributed by atoms with E-state index in [4.69, 9.17) is 32.5 Å². The van der Waals surface area contributed by atoms with Gasteiger partial charge in [0.2, 0.25) is 0 Å². The molecule has 0 saturated heterocycles. The maximum absolute atomic E-state index is 9.67. The number of hydrogen-bond acceptors (Lipinski definition) is 4. The number of halogens is 2. The van der Waals surface area contributed by atoms with Crippen LogP contribution in [0.1, 0.15) is 48.5 Å². The average molecular weight is 506 g/mol. The molecule has 2 saturated carbocycles. The minimum Gasteiger partial charge on any atom is -0.489 e. The molecule has 1 aromatic heterocycles. The Morgan fingerprint density at radius 3 is 2.11 bits per heavy atom. The number of ether oxygens (including phenoxy) is 1. The zero-order chi connectivity index (χ0) is 24.0. The highest BCUT2D eigenvalue weighted by Gasteiger charge is 2.43. The van der Waals surface area contributed by atoms with Crippen LogP contribution in [0.3, 0.4) is 0 Å². The Morgan fingerprint density at radius 2 is 1.54 bits per heavy atom. The van der Waals surface area contributed by atoms with E-state index >= 15 is 0 Å². The van der Waals surface area contributed by atoms with Crippen molar-refractivity contribution in [1.29, 1.82) is 0 Å². The number of aliphatic hydroxyl groups excluding tert-OH is 1. The van der Waals surface area contributed by atoms with Crippen molar-refractivity contribution in [3.05, 3.63) is 93.7 Å². The summed E-state index contributed by atoms with van der Waals surface area (Å²) in [6, 6.07) is 22.0. The predicted molar refractivity (Wildman–Crippen MR) is 138 cm³/mol. The standard InChI is InChI=1S/C29H25Cl2NO3/c30-24-2-1-3-25(31)26(24)27-23(28(35-32-27)20-4-5-20)16-34-22-12-8-19(9-13-22)18-6-10-21(11-7-18)29(17-33)14-15-29/h1-3,6-13,20,33H,4-5,14-17H2. The first-order valence-electron chi connectivity index (χ1n) is 12.0. The third-order valence-electron chi connectivity index (χ3n) is 7.19. The molecule has 0 radical (unpaired) electrons. The second-order valence-electron chi connectivity index (χ2n) is 9.57. The molecule has 2 aliphatic rings. The number of nitrogens with zero attached hydrogens (tertiary/aromatic N) is 1. The molecule has 2 aliphatic carbocycles. The van der Waals surface area contributed by atoms with Crippen LogP contribution in [0.5, 0.6) is 5.75 Å². The summed E-state index contributed by atoms with van der Waals surface area (Å²) in [7, 11) is 0. The monoisotopic (exact) mass is 505 g/mol. The van der Waals surface area contributed by atoms with Crippen molar-refractivity contribution in [3.8, 4) is 28.1 Å². The van der Waals surface area contributed by atoms with Gasteiger partial charge in [0, 0.05) is 16.9 Å². The third-order valence-corrected chi connectivity index (χ3v) is 7.82. The van der Waals surface area contributed by atoms with Crippen LogP contribution < -0.4 is 4.74 Å². The first-order chi connectivity index (χ1) is 17.1. The van der Waals surface area contributed by atoms with Crippen molar-refractivity contribution in [1.82, 2.24) is 5.16 Å². The van der Waals surface area contributed by atoms with E-state index in [1.54, 1.807) is 12.1 Å². The van der Waals surface area contributed by atoms with Gasteiger partial charge < -0.3 is 14.4 Å². The summed E-state index contributed by atoms with van der Waals surface area (Å²) in [6.07, 6.45) is 4.30.